The molecule has 18 heavy (non-hydrogen) atoms. The highest BCUT2D eigenvalue weighted by Crippen LogP contribution is 2.33. The Morgan fingerprint density at radius 2 is 2.00 bits per heavy atom. The van der Waals surface area contributed by atoms with Crippen LogP contribution in [0.25, 0.3) is 0 Å². The lowest BCUT2D eigenvalue weighted by Gasteiger charge is -2.23. The lowest BCUT2D eigenvalue weighted by atomic mass is 9.90. The van der Waals surface area contributed by atoms with E-state index in [2.05, 4.69) is 5.32 Å². The van der Waals surface area contributed by atoms with Crippen LogP contribution in [0.3, 0.4) is 0 Å². The highest BCUT2D eigenvalue weighted by Gasteiger charge is 2.21. The predicted molar refractivity (Wildman–Crippen MR) is 67.2 cm³/mol. The van der Waals surface area contributed by atoms with Crippen molar-refractivity contribution in [3.63, 3.8) is 0 Å². The van der Waals surface area contributed by atoms with Gasteiger partial charge in [-0.1, -0.05) is 11.6 Å². The standard InChI is InChI=1S/C13H16ClF2NO/c1-18-13-9(6-8-2-4-17-5-3-8)7-10(14)11(15)12(13)16/h7-8,17H,2-6H2,1H3. The van der Waals surface area contributed by atoms with Crippen molar-refractivity contribution in [1.82, 2.24) is 5.32 Å². The molecule has 1 heterocycles. The Labute approximate surface area is 110 Å². The minimum absolute atomic E-state index is 0.0181. The van der Waals surface area contributed by atoms with Crippen molar-refractivity contribution in [1.29, 1.82) is 0 Å². The summed E-state index contributed by atoms with van der Waals surface area (Å²) in [6, 6.07) is 1.47. The third-order valence-electron chi connectivity index (χ3n) is 3.37. The molecular formula is C13H16ClF2NO. The molecule has 0 aromatic heterocycles. The molecule has 0 bridgehead atoms. The molecule has 100 valence electrons. The van der Waals surface area contributed by atoms with E-state index in [9.17, 15) is 8.78 Å². The van der Waals surface area contributed by atoms with Crippen molar-refractivity contribution >= 4 is 11.6 Å². The normalized spacial score (nSPS) is 16.9. The second kappa shape index (κ2) is 5.85. The van der Waals surface area contributed by atoms with E-state index in [1.54, 1.807) is 0 Å². The minimum atomic E-state index is -1.04. The lowest BCUT2D eigenvalue weighted by molar-refractivity contribution is 0.345. The van der Waals surface area contributed by atoms with E-state index in [4.69, 9.17) is 16.3 Å². The number of nitrogens with one attached hydrogen (secondary N) is 1. The molecule has 0 unspecified atom stereocenters. The van der Waals surface area contributed by atoms with Crippen LogP contribution in [0.5, 0.6) is 5.75 Å². The van der Waals surface area contributed by atoms with Crippen LogP contribution in [-0.4, -0.2) is 20.2 Å². The first-order valence-corrected chi connectivity index (χ1v) is 6.42. The van der Waals surface area contributed by atoms with Crippen molar-refractivity contribution in [3.8, 4) is 5.75 Å². The highest BCUT2D eigenvalue weighted by atomic mass is 35.5. The van der Waals surface area contributed by atoms with Crippen LogP contribution in [0.1, 0.15) is 18.4 Å². The number of hydrogen-bond donors (Lipinski definition) is 1. The van der Waals surface area contributed by atoms with E-state index in [1.165, 1.54) is 13.2 Å². The van der Waals surface area contributed by atoms with Crippen molar-refractivity contribution < 1.29 is 13.5 Å². The largest absolute Gasteiger partial charge is 0.493 e. The quantitative estimate of drug-likeness (QED) is 0.856. The van der Waals surface area contributed by atoms with Crippen LogP contribution in [0, 0.1) is 17.6 Å². The van der Waals surface area contributed by atoms with Gasteiger partial charge in [-0.2, -0.15) is 4.39 Å². The molecule has 5 heteroatoms. The molecular weight excluding hydrogens is 260 g/mol. The summed E-state index contributed by atoms with van der Waals surface area (Å²) < 4.78 is 32.0. The summed E-state index contributed by atoms with van der Waals surface area (Å²) in [6.07, 6.45) is 2.72. The zero-order chi connectivity index (χ0) is 13.1. The van der Waals surface area contributed by atoms with Crippen molar-refractivity contribution in [3.05, 3.63) is 28.3 Å². The van der Waals surface area contributed by atoms with Crippen LogP contribution in [0.4, 0.5) is 8.78 Å². The molecule has 2 nitrogen and oxygen atoms in total. The van der Waals surface area contributed by atoms with Crippen LogP contribution < -0.4 is 10.1 Å². The third-order valence-corrected chi connectivity index (χ3v) is 3.64. The molecule has 0 atom stereocenters. The molecule has 0 saturated carbocycles. The highest BCUT2D eigenvalue weighted by molar-refractivity contribution is 6.30. The van der Waals surface area contributed by atoms with Gasteiger partial charge in [0.25, 0.3) is 0 Å². The van der Waals surface area contributed by atoms with Gasteiger partial charge in [-0.15, -0.1) is 0 Å². The zero-order valence-electron chi connectivity index (χ0n) is 10.2. The first kappa shape index (κ1) is 13.6. The molecule has 0 aliphatic carbocycles. The number of halogens is 3. The average molecular weight is 276 g/mol. The van der Waals surface area contributed by atoms with Gasteiger partial charge in [0.05, 0.1) is 12.1 Å². The van der Waals surface area contributed by atoms with E-state index in [0.29, 0.717) is 17.9 Å². The molecule has 1 aromatic carbocycles. The first-order chi connectivity index (χ1) is 8.63. The Morgan fingerprint density at radius 1 is 1.33 bits per heavy atom. The molecule has 0 radical (unpaired) electrons. The van der Waals surface area contributed by atoms with Gasteiger partial charge in [0.2, 0.25) is 5.82 Å². The molecule has 2 rings (SSSR count). The maximum Gasteiger partial charge on any atom is 0.202 e. The van der Waals surface area contributed by atoms with Gasteiger partial charge in [-0.25, -0.2) is 4.39 Å². The summed E-state index contributed by atoms with van der Waals surface area (Å²) in [6.45, 7) is 1.93. The lowest BCUT2D eigenvalue weighted by Crippen LogP contribution is -2.28. The summed E-state index contributed by atoms with van der Waals surface area (Å²) >= 11 is 5.68. The van der Waals surface area contributed by atoms with Gasteiger partial charge >= 0.3 is 0 Å². The van der Waals surface area contributed by atoms with Gasteiger partial charge in [-0.3, -0.25) is 0 Å². The van der Waals surface area contributed by atoms with Crippen molar-refractivity contribution in [2.75, 3.05) is 20.2 Å². The molecule has 1 aliphatic heterocycles. The maximum absolute atomic E-state index is 13.7. The molecule has 1 N–H and O–H groups in total. The number of rotatable bonds is 3. The number of benzene rings is 1. The molecule has 1 aliphatic rings. The Balaban J connectivity index is 2.25. The SMILES string of the molecule is COc1c(CC2CCNCC2)cc(Cl)c(F)c1F. The fourth-order valence-corrected chi connectivity index (χ4v) is 2.61. The minimum Gasteiger partial charge on any atom is -0.493 e. The van der Waals surface area contributed by atoms with Gasteiger partial charge in [-0.05, 0) is 49.9 Å². The molecule has 0 amide bonds. The Bertz CT molecular complexity index is 433. The third kappa shape index (κ3) is 2.75. The Morgan fingerprint density at radius 3 is 2.61 bits per heavy atom. The summed E-state index contributed by atoms with van der Waals surface area (Å²) in [5.41, 5.74) is 0.647. The summed E-state index contributed by atoms with van der Waals surface area (Å²) in [5, 5.41) is 3.09. The van der Waals surface area contributed by atoms with Crippen molar-refractivity contribution in [2.24, 2.45) is 5.92 Å². The molecule has 1 aromatic rings. The fraction of sp³-hybridized carbons (Fsp3) is 0.538. The second-order valence-electron chi connectivity index (χ2n) is 4.58. The fourth-order valence-electron chi connectivity index (χ4n) is 2.40. The number of methoxy groups -OCH3 is 1. The molecule has 0 spiro atoms. The monoisotopic (exact) mass is 275 g/mol. The van der Waals surface area contributed by atoms with Gasteiger partial charge in [0, 0.05) is 0 Å². The van der Waals surface area contributed by atoms with Crippen LogP contribution in [-0.2, 0) is 6.42 Å². The summed E-state index contributed by atoms with van der Waals surface area (Å²) in [4.78, 5) is 0. The van der Waals surface area contributed by atoms with Gasteiger partial charge < -0.3 is 10.1 Å². The second-order valence-corrected chi connectivity index (χ2v) is 4.98. The van der Waals surface area contributed by atoms with Crippen LogP contribution in [0.2, 0.25) is 5.02 Å². The Kier molecular flexibility index (Phi) is 4.40. The molecule has 1 fully saturated rings. The van der Waals surface area contributed by atoms with Crippen LogP contribution >= 0.6 is 11.6 Å². The molecule has 1 saturated heterocycles. The summed E-state index contributed by atoms with van der Waals surface area (Å²) in [7, 11) is 1.34. The maximum atomic E-state index is 13.7. The van der Waals surface area contributed by atoms with Crippen LogP contribution in [0.15, 0.2) is 6.07 Å². The summed E-state index contributed by atoms with van der Waals surface area (Å²) in [5.74, 6) is -1.59. The van der Waals surface area contributed by atoms with E-state index < -0.39 is 11.6 Å². The van der Waals surface area contributed by atoms with Gasteiger partial charge in [0.1, 0.15) is 0 Å². The topological polar surface area (TPSA) is 21.3 Å². The van der Waals surface area contributed by atoms with Crippen molar-refractivity contribution in [2.45, 2.75) is 19.3 Å². The Hall–Kier alpha value is -0.870. The zero-order valence-corrected chi connectivity index (χ0v) is 11.0. The first-order valence-electron chi connectivity index (χ1n) is 6.04. The van der Waals surface area contributed by atoms with E-state index in [-0.39, 0.29) is 10.8 Å². The number of hydrogen-bond acceptors (Lipinski definition) is 2. The number of ether oxygens (including phenoxy) is 1. The predicted octanol–water partition coefficient (Wildman–Crippen LogP) is 3.17. The smallest absolute Gasteiger partial charge is 0.202 e. The van der Waals surface area contributed by atoms with E-state index in [1.807, 2.05) is 0 Å². The van der Waals surface area contributed by atoms with Gasteiger partial charge in [0.15, 0.2) is 11.6 Å². The average Bonchev–Trinajstić information content (AvgIpc) is 2.38. The van der Waals surface area contributed by atoms with E-state index >= 15 is 0 Å². The van der Waals surface area contributed by atoms with E-state index in [0.717, 1.165) is 25.9 Å². The number of piperidine rings is 1.